The summed E-state index contributed by atoms with van der Waals surface area (Å²) in [4.78, 5) is 0. The Morgan fingerprint density at radius 2 is 2.19 bits per heavy atom. The molecular formula is C11H11ClN2OS. The van der Waals surface area contributed by atoms with Crippen LogP contribution in [-0.2, 0) is 6.42 Å². The molecule has 1 heterocycles. The minimum absolute atomic E-state index is 0.284. The molecular weight excluding hydrogens is 244 g/mol. The SMILES string of the molecule is Cc1ccc(-c2nnc(CCCl)s2)cc1O. The standard InChI is InChI=1S/C11H11ClN2OS/c1-7-2-3-8(6-9(7)15)11-14-13-10(16-11)4-5-12/h2-3,6,15H,4-5H2,1H3. The maximum atomic E-state index is 9.61. The lowest BCUT2D eigenvalue weighted by molar-refractivity contribution is 0.471. The first-order chi connectivity index (χ1) is 7.70. The van der Waals surface area contributed by atoms with E-state index in [0.717, 1.165) is 27.6 Å². The summed E-state index contributed by atoms with van der Waals surface area (Å²) in [6, 6.07) is 5.51. The maximum absolute atomic E-state index is 9.61. The van der Waals surface area contributed by atoms with E-state index < -0.39 is 0 Å². The number of aromatic hydroxyl groups is 1. The largest absolute Gasteiger partial charge is 0.508 e. The van der Waals surface area contributed by atoms with Crippen LogP contribution in [0.3, 0.4) is 0 Å². The van der Waals surface area contributed by atoms with Crippen LogP contribution < -0.4 is 0 Å². The van der Waals surface area contributed by atoms with Crippen molar-refractivity contribution < 1.29 is 5.11 Å². The van der Waals surface area contributed by atoms with Crippen LogP contribution in [0.5, 0.6) is 5.75 Å². The number of phenols is 1. The average molecular weight is 255 g/mol. The van der Waals surface area contributed by atoms with Gasteiger partial charge in [-0.05, 0) is 18.6 Å². The molecule has 0 aliphatic carbocycles. The van der Waals surface area contributed by atoms with Crippen molar-refractivity contribution in [1.29, 1.82) is 0 Å². The van der Waals surface area contributed by atoms with Crippen LogP contribution in [0.4, 0.5) is 0 Å². The van der Waals surface area contributed by atoms with E-state index in [1.807, 2.05) is 19.1 Å². The fourth-order valence-electron chi connectivity index (χ4n) is 1.29. The van der Waals surface area contributed by atoms with E-state index >= 15 is 0 Å². The summed E-state index contributed by atoms with van der Waals surface area (Å²) in [6.45, 7) is 1.86. The second-order valence-electron chi connectivity index (χ2n) is 3.44. The zero-order chi connectivity index (χ0) is 11.5. The van der Waals surface area contributed by atoms with Gasteiger partial charge in [-0.2, -0.15) is 0 Å². The molecule has 0 amide bonds. The predicted molar refractivity (Wildman–Crippen MR) is 66.2 cm³/mol. The number of benzene rings is 1. The molecule has 3 nitrogen and oxygen atoms in total. The van der Waals surface area contributed by atoms with Crippen molar-refractivity contribution in [3.05, 3.63) is 28.8 Å². The van der Waals surface area contributed by atoms with Crippen LogP contribution in [-0.4, -0.2) is 21.2 Å². The molecule has 0 aliphatic rings. The first-order valence-electron chi connectivity index (χ1n) is 4.89. The molecule has 1 N–H and O–H groups in total. The summed E-state index contributed by atoms with van der Waals surface area (Å²) in [5.41, 5.74) is 1.75. The van der Waals surface area contributed by atoms with Gasteiger partial charge >= 0.3 is 0 Å². The van der Waals surface area contributed by atoms with Crippen LogP contribution in [0.15, 0.2) is 18.2 Å². The highest BCUT2D eigenvalue weighted by atomic mass is 35.5. The molecule has 0 aliphatic heterocycles. The van der Waals surface area contributed by atoms with E-state index in [2.05, 4.69) is 10.2 Å². The van der Waals surface area contributed by atoms with Crippen molar-refractivity contribution in [1.82, 2.24) is 10.2 Å². The number of alkyl halides is 1. The van der Waals surface area contributed by atoms with Gasteiger partial charge in [-0.25, -0.2) is 0 Å². The van der Waals surface area contributed by atoms with E-state index in [1.165, 1.54) is 11.3 Å². The molecule has 0 radical (unpaired) electrons. The molecule has 16 heavy (non-hydrogen) atoms. The summed E-state index contributed by atoms with van der Waals surface area (Å²) >= 11 is 7.14. The van der Waals surface area contributed by atoms with Gasteiger partial charge in [0.15, 0.2) is 0 Å². The third-order valence-corrected chi connectivity index (χ3v) is 3.45. The van der Waals surface area contributed by atoms with E-state index in [0.29, 0.717) is 5.88 Å². The molecule has 1 aromatic carbocycles. The van der Waals surface area contributed by atoms with E-state index in [4.69, 9.17) is 11.6 Å². The topological polar surface area (TPSA) is 46.0 Å². The summed E-state index contributed by atoms with van der Waals surface area (Å²) in [7, 11) is 0. The molecule has 1 aromatic heterocycles. The van der Waals surface area contributed by atoms with Crippen molar-refractivity contribution in [2.75, 3.05) is 5.88 Å². The molecule has 0 spiro atoms. The summed E-state index contributed by atoms with van der Waals surface area (Å²) in [5, 5.41) is 19.5. The molecule has 0 bridgehead atoms. The predicted octanol–water partition coefficient (Wildman–Crippen LogP) is 3.00. The maximum Gasteiger partial charge on any atom is 0.147 e. The van der Waals surface area contributed by atoms with Crippen LogP contribution in [0.25, 0.3) is 10.6 Å². The number of aromatic nitrogens is 2. The highest BCUT2D eigenvalue weighted by molar-refractivity contribution is 7.14. The number of hydrogen-bond donors (Lipinski definition) is 1. The minimum Gasteiger partial charge on any atom is -0.508 e. The Morgan fingerprint density at radius 3 is 2.88 bits per heavy atom. The molecule has 0 unspecified atom stereocenters. The van der Waals surface area contributed by atoms with E-state index in [1.54, 1.807) is 6.07 Å². The van der Waals surface area contributed by atoms with Gasteiger partial charge < -0.3 is 5.11 Å². The number of aryl methyl sites for hydroxylation is 2. The molecule has 5 heteroatoms. The lowest BCUT2D eigenvalue weighted by Gasteiger charge is -1.99. The fraction of sp³-hybridized carbons (Fsp3) is 0.273. The number of hydrogen-bond acceptors (Lipinski definition) is 4. The number of rotatable bonds is 3. The van der Waals surface area contributed by atoms with Gasteiger partial charge in [-0.1, -0.05) is 23.5 Å². The first kappa shape index (κ1) is 11.4. The highest BCUT2D eigenvalue weighted by Gasteiger charge is 2.07. The molecule has 0 saturated carbocycles. The Hall–Kier alpha value is -1.13. The van der Waals surface area contributed by atoms with Crippen LogP contribution >= 0.6 is 22.9 Å². The van der Waals surface area contributed by atoms with Gasteiger partial charge in [0.25, 0.3) is 0 Å². The van der Waals surface area contributed by atoms with Gasteiger partial charge in [-0.15, -0.1) is 21.8 Å². The van der Waals surface area contributed by atoms with Gasteiger partial charge in [-0.3, -0.25) is 0 Å². The quantitative estimate of drug-likeness (QED) is 0.857. The molecule has 0 fully saturated rings. The monoisotopic (exact) mass is 254 g/mol. The number of phenolic OH excluding ortho intramolecular Hbond substituents is 1. The van der Waals surface area contributed by atoms with Gasteiger partial charge in [0.05, 0.1) is 0 Å². The third kappa shape index (κ3) is 2.33. The zero-order valence-corrected chi connectivity index (χ0v) is 10.3. The zero-order valence-electron chi connectivity index (χ0n) is 8.77. The van der Waals surface area contributed by atoms with Crippen LogP contribution in [0, 0.1) is 6.92 Å². The molecule has 84 valence electrons. The summed E-state index contributed by atoms with van der Waals surface area (Å²) < 4.78 is 0. The Morgan fingerprint density at radius 1 is 1.38 bits per heavy atom. The second kappa shape index (κ2) is 4.80. The first-order valence-corrected chi connectivity index (χ1v) is 6.24. The van der Waals surface area contributed by atoms with Gasteiger partial charge in [0, 0.05) is 17.9 Å². The van der Waals surface area contributed by atoms with Crippen molar-refractivity contribution in [3.8, 4) is 16.3 Å². The van der Waals surface area contributed by atoms with Crippen molar-refractivity contribution >= 4 is 22.9 Å². The molecule has 2 aromatic rings. The lowest BCUT2D eigenvalue weighted by Crippen LogP contribution is -1.83. The fourth-order valence-corrected chi connectivity index (χ4v) is 2.42. The Balaban J connectivity index is 2.31. The third-order valence-electron chi connectivity index (χ3n) is 2.23. The minimum atomic E-state index is 0.284. The van der Waals surface area contributed by atoms with E-state index in [9.17, 15) is 5.11 Å². The van der Waals surface area contributed by atoms with Crippen LogP contribution in [0.1, 0.15) is 10.6 Å². The lowest BCUT2D eigenvalue weighted by atomic mass is 10.1. The normalized spacial score (nSPS) is 10.6. The van der Waals surface area contributed by atoms with E-state index in [-0.39, 0.29) is 5.75 Å². The molecule has 0 saturated heterocycles. The second-order valence-corrected chi connectivity index (χ2v) is 4.88. The highest BCUT2D eigenvalue weighted by Crippen LogP contribution is 2.28. The Bertz CT molecular complexity index is 498. The van der Waals surface area contributed by atoms with Crippen molar-refractivity contribution in [2.24, 2.45) is 0 Å². The van der Waals surface area contributed by atoms with Gasteiger partial charge in [0.1, 0.15) is 15.8 Å². The number of nitrogens with zero attached hydrogens (tertiary/aromatic N) is 2. The number of halogens is 1. The molecule has 0 atom stereocenters. The van der Waals surface area contributed by atoms with Crippen LogP contribution in [0.2, 0.25) is 0 Å². The Labute approximate surface area is 103 Å². The Kier molecular flexibility index (Phi) is 3.41. The average Bonchev–Trinajstić information content (AvgIpc) is 2.71. The van der Waals surface area contributed by atoms with Crippen molar-refractivity contribution in [2.45, 2.75) is 13.3 Å². The smallest absolute Gasteiger partial charge is 0.147 e. The summed E-state index contributed by atoms with van der Waals surface area (Å²) in [5.74, 6) is 0.833. The van der Waals surface area contributed by atoms with Crippen molar-refractivity contribution in [3.63, 3.8) is 0 Å². The van der Waals surface area contributed by atoms with Gasteiger partial charge in [0.2, 0.25) is 0 Å². The molecule has 2 rings (SSSR count). The summed E-state index contributed by atoms with van der Waals surface area (Å²) in [6.07, 6.45) is 0.733.